The van der Waals surface area contributed by atoms with Crippen LogP contribution in [0.1, 0.15) is 41.5 Å². The van der Waals surface area contributed by atoms with E-state index in [0.717, 1.165) is 27.7 Å². The summed E-state index contributed by atoms with van der Waals surface area (Å²) < 4.78 is 121. The third-order valence-corrected chi connectivity index (χ3v) is 22.7. The van der Waals surface area contributed by atoms with Gasteiger partial charge in [-0.1, -0.05) is 0 Å². The van der Waals surface area contributed by atoms with Crippen LogP contribution in [0.25, 0.3) is 0 Å². The number of carbonyl (C=O) groups excluding carboxylic acids is 4. The molecule has 0 radical (unpaired) electrons. The summed E-state index contributed by atoms with van der Waals surface area (Å²) >= 11 is 0. The molecule has 124 heavy (non-hydrogen) atoms. The molecule has 10 rings (SSSR count). The first kappa shape index (κ1) is 102. The molecule has 0 spiro atoms. The van der Waals surface area contributed by atoms with Gasteiger partial charge in [-0.05, 0) is 13.8 Å². The SMILES string of the molecule is CCO[C@@H]1OC(CO)[C@@H](O[C@@H]2OC(CO)[C@@H](O[C@@H]3OC(CO[C@H]4OC(CO)[C@@H](O)[C@H](O)C4O[C@@H]4OC(CO)[C@@H](O[C@@H]5OC(CO)[C@H](O)[C@H](O)C5O)[C@H](O[C@@H]5OC(C)[C@@H](O)[C@H](O)C5O)C4NC(C)=O)[C@@H](O)[C@H](O[C@@H]4OC(CO)[C@H](O)C(O)[C@@H]4O[C@@H]4OC(CO)[C@@H](O[C@@H]5OC(CO)[C@H](O)[C@H](O)C5O)[C@H](O)C4NC(C)=O)C3O)[C@H](O)C2NC(C)=O)[C@H](O)C1NC(C)=O. The second kappa shape index (κ2) is 45.0. The standard InChI is InChI=1S/C70H118N4O50/c1-7-105-61-31(71-18(3)83)41(93)53(26(12-79)112-61)117-62-32(72-19(4)84)42(94)55(28(14-81)113-62)119-68-52(104)58(122-70-60(48(100)39(91)25(11-78)111-70)124-63-33(73-20(5)85)43(95)54(27(13-80)114-63)118-66-50(102)45(97)36(88)22(8-75)108-66)40(92)30(116-68)16-106-69-59(47(99)38(90)24(10-77)110-69)123-64-34(74-21(6)86)57(121-65-49(101)44(96)35(87)17(2)107-65)56(29(15-82)115-64)120-67-51(103)46(98)37(89)23(9-76)109-67/h17,22-70,75-82,87-104H,7-16H2,1-6H3,(H,71,83)(H,72,84)(H,73,85)(H,74,86)/t17?,22?,23?,24?,25?,26?,27?,28?,29?,30?,31?,32?,33?,34?,35-,36+,37+,38-,39+,40-,41-,42-,43-,44+,45+,46+,47+,48?,49?,50?,51?,52?,53-,54-,55-,56-,57-,58+,59?,60+,61-,62+,63+,64+,65+,66+,67+,68+,69+,70+/m1/s1. The molecule has 10 fully saturated rings. The van der Waals surface area contributed by atoms with Crippen LogP contribution in [0.4, 0.5) is 0 Å². The van der Waals surface area contributed by atoms with Gasteiger partial charge in [0.2, 0.25) is 23.6 Å². The predicted octanol–water partition coefficient (Wildman–Crippen LogP) is -20.2. The van der Waals surface area contributed by atoms with Crippen molar-refractivity contribution in [1.29, 1.82) is 0 Å². The molecule has 10 aliphatic heterocycles. The molecule has 0 aliphatic carbocycles. The van der Waals surface area contributed by atoms with E-state index in [2.05, 4.69) is 21.3 Å². The molecule has 10 heterocycles. The molecule has 0 aromatic rings. The first-order chi connectivity index (χ1) is 58.7. The zero-order chi connectivity index (χ0) is 91.2. The van der Waals surface area contributed by atoms with E-state index >= 15 is 0 Å². The smallest absolute Gasteiger partial charge is 0.217 e. The zero-order valence-corrected chi connectivity index (χ0v) is 67.4. The average molecular weight is 1820 g/mol. The number of amides is 4. The number of carbonyl (C=O) groups is 4. The fraction of sp³-hybridized carbons (Fsp3) is 0.943. The van der Waals surface area contributed by atoms with Crippen molar-refractivity contribution in [3.63, 3.8) is 0 Å². The van der Waals surface area contributed by atoms with Crippen LogP contribution in [-0.2, 0) is 114 Å². The fourth-order valence-electron chi connectivity index (χ4n) is 16.2. The molecule has 54 heteroatoms. The first-order valence-electron chi connectivity index (χ1n) is 40.0. The Morgan fingerprint density at radius 2 is 0.508 bits per heavy atom. The van der Waals surface area contributed by atoms with Gasteiger partial charge in [-0.25, -0.2) is 0 Å². The Bertz CT molecular complexity index is 3330. The van der Waals surface area contributed by atoms with Gasteiger partial charge in [0, 0.05) is 34.3 Å². The summed E-state index contributed by atoms with van der Waals surface area (Å²) in [6.45, 7) is -3.46. The molecular weight excluding hydrogens is 1700 g/mol. The van der Waals surface area contributed by atoms with Crippen molar-refractivity contribution in [2.24, 2.45) is 0 Å². The summed E-state index contributed by atoms with van der Waals surface area (Å²) in [7, 11) is 0. The van der Waals surface area contributed by atoms with Crippen molar-refractivity contribution in [2.75, 3.05) is 66.1 Å². The highest BCUT2D eigenvalue weighted by molar-refractivity contribution is 5.74. The molecule has 20 unspecified atom stereocenters. The summed E-state index contributed by atoms with van der Waals surface area (Å²) in [4.78, 5) is 52.1. The lowest BCUT2D eigenvalue weighted by Gasteiger charge is -2.51. The van der Waals surface area contributed by atoms with E-state index in [1.54, 1.807) is 6.92 Å². The molecular formula is C70H118N4O50. The zero-order valence-electron chi connectivity index (χ0n) is 67.4. The number of ether oxygens (including phenoxy) is 20. The first-order valence-corrected chi connectivity index (χ1v) is 40.0. The Balaban J connectivity index is 1.01. The largest absolute Gasteiger partial charge is 0.394 e. The van der Waals surface area contributed by atoms with Crippen LogP contribution in [0.3, 0.4) is 0 Å². The Labute approximate surface area is 704 Å². The molecule has 0 aromatic heterocycles. The number of aliphatic hydroxyl groups is 26. The lowest BCUT2D eigenvalue weighted by molar-refractivity contribution is -0.400. The number of aliphatic hydroxyl groups excluding tert-OH is 26. The molecule has 10 saturated heterocycles. The predicted molar refractivity (Wildman–Crippen MR) is 384 cm³/mol. The van der Waals surface area contributed by atoms with E-state index in [-0.39, 0.29) is 6.61 Å². The number of hydrogen-bond donors (Lipinski definition) is 30. The topological polar surface area (TPSA) is 827 Å². The number of rotatable bonds is 33. The second-order valence-electron chi connectivity index (χ2n) is 31.4. The van der Waals surface area contributed by atoms with Gasteiger partial charge in [-0.3, -0.25) is 19.2 Å². The Morgan fingerprint density at radius 1 is 0.234 bits per heavy atom. The minimum Gasteiger partial charge on any atom is -0.394 e. The molecule has 54 nitrogen and oxygen atoms in total. The van der Waals surface area contributed by atoms with Gasteiger partial charge < -0.3 is 249 Å². The van der Waals surface area contributed by atoms with Gasteiger partial charge in [0.05, 0.1) is 65.6 Å². The Kier molecular flexibility index (Phi) is 37.1. The maximum atomic E-state index is 13.5. The van der Waals surface area contributed by atoms with Gasteiger partial charge in [-0.2, -0.15) is 0 Å². The van der Waals surface area contributed by atoms with Crippen molar-refractivity contribution in [2.45, 2.75) is 348 Å². The lowest BCUT2D eigenvalue weighted by atomic mass is 9.93. The molecule has 4 amide bonds. The van der Waals surface area contributed by atoms with E-state index in [4.69, 9.17) is 94.7 Å². The number of nitrogens with one attached hydrogen (secondary N) is 4. The van der Waals surface area contributed by atoms with Gasteiger partial charge in [0.15, 0.2) is 62.9 Å². The maximum absolute atomic E-state index is 13.5. The molecule has 0 aromatic carbocycles. The van der Waals surface area contributed by atoms with Gasteiger partial charge in [0.1, 0.15) is 238 Å². The summed E-state index contributed by atoms with van der Waals surface area (Å²) in [5.74, 6) is -3.61. The maximum Gasteiger partial charge on any atom is 0.217 e. The van der Waals surface area contributed by atoms with Crippen molar-refractivity contribution in [3.8, 4) is 0 Å². The van der Waals surface area contributed by atoms with Crippen LogP contribution in [0.15, 0.2) is 0 Å². The third-order valence-electron chi connectivity index (χ3n) is 22.7. The summed E-state index contributed by atoms with van der Waals surface area (Å²) in [5.41, 5.74) is 0. The molecule has 0 saturated carbocycles. The van der Waals surface area contributed by atoms with Crippen molar-refractivity contribution in [3.05, 3.63) is 0 Å². The molecule has 30 N–H and O–H groups in total. The summed E-state index contributed by atoms with van der Waals surface area (Å²) in [6.07, 6.45) is -95.6. The Hall–Kier alpha value is -3.96. The van der Waals surface area contributed by atoms with E-state index < -0.39 is 390 Å². The van der Waals surface area contributed by atoms with E-state index in [1.165, 1.54) is 6.92 Å². The fourth-order valence-corrected chi connectivity index (χ4v) is 16.2. The van der Waals surface area contributed by atoms with E-state index in [0.29, 0.717) is 0 Å². The minimum atomic E-state index is -2.61. The van der Waals surface area contributed by atoms with Crippen molar-refractivity contribution < 1.29 is 247 Å². The average Bonchev–Trinajstić information content (AvgIpc) is 0.766. The van der Waals surface area contributed by atoms with Crippen LogP contribution >= 0.6 is 0 Å². The third kappa shape index (κ3) is 22.5. The van der Waals surface area contributed by atoms with Crippen molar-refractivity contribution >= 4 is 23.6 Å². The van der Waals surface area contributed by atoms with E-state index in [9.17, 15) is 152 Å². The van der Waals surface area contributed by atoms with Crippen LogP contribution in [0, 0.1) is 0 Å². The minimum absolute atomic E-state index is 0.0434. The summed E-state index contributed by atoms with van der Waals surface area (Å²) in [6, 6.07) is -7.35. The van der Waals surface area contributed by atoms with Crippen LogP contribution in [0.5, 0.6) is 0 Å². The number of hydrogen-bond acceptors (Lipinski definition) is 50. The lowest BCUT2D eigenvalue weighted by Crippen LogP contribution is -2.71. The van der Waals surface area contributed by atoms with E-state index in [1.807, 2.05) is 0 Å². The monoisotopic (exact) mass is 1810 g/mol. The van der Waals surface area contributed by atoms with Gasteiger partial charge in [0.25, 0.3) is 0 Å². The summed E-state index contributed by atoms with van der Waals surface area (Å²) in [5, 5.41) is 302. The van der Waals surface area contributed by atoms with Crippen LogP contribution in [-0.4, -0.2) is 529 Å². The molecule has 718 valence electrons. The quantitative estimate of drug-likeness (QED) is 0.0290. The molecule has 0 bridgehead atoms. The van der Waals surface area contributed by atoms with Gasteiger partial charge >= 0.3 is 0 Å². The van der Waals surface area contributed by atoms with Crippen LogP contribution in [0.2, 0.25) is 0 Å². The highest BCUT2D eigenvalue weighted by Gasteiger charge is 2.62. The molecule has 50 atom stereocenters. The second-order valence-corrected chi connectivity index (χ2v) is 31.4. The van der Waals surface area contributed by atoms with Crippen LogP contribution < -0.4 is 21.3 Å². The highest BCUT2D eigenvalue weighted by Crippen LogP contribution is 2.42. The Morgan fingerprint density at radius 3 is 0.911 bits per heavy atom. The molecule has 10 aliphatic rings. The van der Waals surface area contributed by atoms with Gasteiger partial charge in [-0.15, -0.1) is 0 Å². The normalized spacial score (nSPS) is 49.1. The highest BCUT2D eigenvalue weighted by atomic mass is 16.8. The van der Waals surface area contributed by atoms with Crippen molar-refractivity contribution in [1.82, 2.24) is 21.3 Å².